The molecule has 0 spiro atoms. The van der Waals surface area contributed by atoms with Crippen molar-refractivity contribution in [2.45, 2.75) is 131 Å². The number of H-pyrrole nitrogens is 1. The average molecular weight is 1110 g/mol. The number of hydrogen-bond donors (Lipinski definition) is 5. The first-order chi connectivity index (χ1) is 38.3. The summed E-state index contributed by atoms with van der Waals surface area (Å²) in [7, 11) is 0. The van der Waals surface area contributed by atoms with E-state index in [1.165, 1.54) is 10.5 Å². The van der Waals surface area contributed by atoms with Crippen molar-refractivity contribution >= 4 is 40.7 Å². The molecule has 0 bridgehead atoms. The fraction of sp³-hybridized carbons (Fsp3) is 0.516. The van der Waals surface area contributed by atoms with Gasteiger partial charge in [0.05, 0.1) is 28.2 Å². The molecule has 80 heavy (non-hydrogen) atoms. The van der Waals surface area contributed by atoms with Gasteiger partial charge in [0.1, 0.15) is 18.7 Å². The van der Waals surface area contributed by atoms with E-state index < -0.39 is 35.4 Å². The number of hydrogen-bond acceptors (Lipinski definition) is 13. The number of aliphatic hydroxyl groups excluding tert-OH is 1. The highest BCUT2D eigenvalue weighted by Gasteiger charge is 2.45. The molecular weight excluding hydrogens is 1030 g/mol. The van der Waals surface area contributed by atoms with Crippen LogP contribution in [0, 0.1) is 33.1 Å². The maximum Gasteiger partial charge on any atom is 0.253 e. The second-order valence-corrected chi connectivity index (χ2v) is 23.9. The molecule has 5 heterocycles. The summed E-state index contributed by atoms with van der Waals surface area (Å²) in [6, 6.07) is 20.9. The van der Waals surface area contributed by atoms with E-state index in [-0.39, 0.29) is 49.5 Å². The number of carbonyl (C=O) groups excluding carboxylic acids is 4. The number of benzene rings is 3. The highest BCUT2D eigenvalue weighted by atomic mass is 32.1. The molecule has 3 aliphatic rings. The number of rotatable bonds is 21. The van der Waals surface area contributed by atoms with Gasteiger partial charge < -0.3 is 50.2 Å². The van der Waals surface area contributed by atoms with Crippen molar-refractivity contribution in [2.75, 3.05) is 77.1 Å². The lowest BCUT2D eigenvalue weighted by Crippen LogP contribution is -2.58. The van der Waals surface area contributed by atoms with Crippen LogP contribution in [0.25, 0.3) is 21.6 Å². The Kier molecular flexibility index (Phi) is 20.2. The fourth-order valence-electron chi connectivity index (χ4n) is 11.4. The molecule has 3 fully saturated rings. The van der Waals surface area contributed by atoms with E-state index in [2.05, 4.69) is 77.9 Å². The minimum Gasteiger partial charge on any atom is -0.391 e. The van der Waals surface area contributed by atoms with Gasteiger partial charge >= 0.3 is 0 Å². The Morgan fingerprint density at radius 2 is 1.60 bits per heavy atom. The van der Waals surface area contributed by atoms with Crippen LogP contribution < -0.4 is 26.4 Å². The number of carbonyl (C=O) groups is 4. The van der Waals surface area contributed by atoms with Gasteiger partial charge in [-0.15, -0.1) is 11.3 Å². The van der Waals surface area contributed by atoms with Crippen LogP contribution >= 0.6 is 11.3 Å². The number of nitrogens with zero attached hydrogens (tertiary/aromatic N) is 5. The summed E-state index contributed by atoms with van der Waals surface area (Å²) in [4.78, 5) is 85.1. The number of β-amino-alcohol motifs (C(OH)–C–C–N with tert-alkyl or cyclic N) is 1. The molecular formula is C62H83N9O8S. The second-order valence-electron chi connectivity index (χ2n) is 23.0. The average Bonchev–Trinajstić information content (AvgIpc) is 4.08. The number of pyridine rings is 1. The number of likely N-dealkylation sites (tertiary alicyclic amines) is 1. The quantitative estimate of drug-likeness (QED) is 0.0463. The first kappa shape index (κ1) is 59.8. The second kappa shape index (κ2) is 27.0. The Bertz CT molecular complexity index is 2990. The zero-order valence-corrected chi connectivity index (χ0v) is 49.1. The predicted molar refractivity (Wildman–Crippen MR) is 315 cm³/mol. The van der Waals surface area contributed by atoms with Crippen molar-refractivity contribution in [2.24, 2.45) is 5.41 Å². The van der Waals surface area contributed by atoms with E-state index in [1.807, 2.05) is 97.3 Å². The molecule has 4 amide bonds. The summed E-state index contributed by atoms with van der Waals surface area (Å²) in [6.07, 6.45) is 1.81. The van der Waals surface area contributed by atoms with Gasteiger partial charge in [-0.05, 0) is 123 Å². The van der Waals surface area contributed by atoms with Crippen LogP contribution in [0.15, 0.2) is 77.0 Å². The van der Waals surface area contributed by atoms with Gasteiger partial charge in [-0.2, -0.15) is 0 Å². The number of aromatic nitrogens is 2. The molecule has 3 aromatic carbocycles. The number of piperazine rings is 1. The lowest BCUT2D eigenvalue weighted by Gasteiger charge is -2.37. The Hall–Kier alpha value is -6.28. The SMILES string of the molecule is CCN(c1cc(-c2ccc(CN3CCN(CCCOCC(=O)NC(C(=O)N4C[C@H](O)C[C@H]4C(=O)N[C@@H](C)c4ccc(-c5scnc5C)cc4)C(C)(C)C)CC3)cc2)cc(C(=O)NCc2c(C)cc(C)[nH]c2=O)c1C)C1CCOCC1. The number of anilines is 1. The van der Waals surface area contributed by atoms with E-state index in [4.69, 9.17) is 9.47 Å². The summed E-state index contributed by atoms with van der Waals surface area (Å²) in [5.41, 5.74) is 11.8. The monoisotopic (exact) mass is 1110 g/mol. The van der Waals surface area contributed by atoms with Crippen LogP contribution in [0.4, 0.5) is 5.69 Å². The van der Waals surface area contributed by atoms with Crippen molar-refractivity contribution in [1.82, 2.24) is 40.6 Å². The maximum atomic E-state index is 14.2. The molecule has 18 heteroatoms. The minimum atomic E-state index is -0.947. The molecule has 5 N–H and O–H groups in total. The van der Waals surface area contributed by atoms with Crippen LogP contribution in [0.5, 0.6) is 0 Å². The van der Waals surface area contributed by atoms with Gasteiger partial charge in [0, 0.05) is 114 Å². The molecule has 3 saturated heterocycles. The van der Waals surface area contributed by atoms with Crippen LogP contribution in [-0.2, 0) is 36.9 Å². The molecule has 0 aliphatic carbocycles. The summed E-state index contributed by atoms with van der Waals surface area (Å²) in [5, 5.41) is 19.7. The predicted octanol–water partition coefficient (Wildman–Crippen LogP) is 7.23. The highest BCUT2D eigenvalue weighted by molar-refractivity contribution is 7.13. The standard InChI is InChI=1S/C62H83N9O8S/c1-10-70(49-20-28-78-29-21-49)53-32-48(31-51(41(53)4)58(74)63-34-52-39(2)30-40(3)65-59(52)75)46-14-12-44(13-15-46)35-69-25-23-68(24-26-69)22-11-27-79-37-55(73)67-57(62(7,8)9)61(77)71-36-50(72)33-54(71)60(76)66-42(5)45-16-18-47(19-17-45)56-43(6)64-38-80-56/h12-19,30-32,38,42,49-50,54,57,72H,10-11,20-29,33-37H2,1-9H3,(H,63,74)(H,65,75)(H,66,76)(H,67,73)/t42-,50+,54-,57?/m0/s1. The number of aromatic amines is 1. The van der Waals surface area contributed by atoms with Gasteiger partial charge in [-0.3, -0.25) is 28.9 Å². The first-order valence-corrected chi connectivity index (χ1v) is 29.3. The number of ether oxygens (including phenoxy) is 2. The number of aliphatic hydroxyl groups is 1. The van der Waals surface area contributed by atoms with E-state index in [9.17, 15) is 29.1 Å². The molecule has 430 valence electrons. The third-order valence-corrected chi connectivity index (χ3v) is 17.0. The molecule has 8 rings (SSSR count). The fourth-order valence-corrected chi connectivity index (χ4v) is 12.2. The number of nitrogens with one attached hydrogen (secondary N) is 4. The third kappa shape index (κ3) is 15.0. The van der Waals surface area contributed by atoms with Gasteiger partial charge in [0.2, 0.25) is 17.7 Å². The highest BCUT2D eigenvalue weighted by Crippen LogP contribution is 2.35. The van der Waals surface area contributed by atoms with Crippen LogP contribution in [0.1, 0.15) is 116 Å². The molecule has 4 atom stereocenters. The third-order valence-electron chi connectivity index (χ3n) is 16.0. The Morgan fingerprint density at radius 1 is 0.912 bits per heavy atom. The molecule has 1 unspecified atom stereocenters. The Balaban J connectivity index is 0.791. The van der Waals surface area contributed by atoms with Crippen molar-refractivity contribution in [3.05, 3.63) is 127 Å². The van der Waals surface area contributed by atoms with Gasteiger partial charge in [0.15, 0.2) is 0 Å². The van der Waals surface area contributed by atoms with Crippen LogP contribution in [0.3, 0.4) is 0 Å². The normalized spacial score (nSPS) is 18.2. The van der Waals surface area contributed by atoms with Gasteiger partial charge in [0.25, 0.3) is 11.5 Å². The zero-order valence-electron chi connectivity index (χ0n) is 48.3. The van der Waals surface area contributed by atoms with Crippen molar-refractivity contribution in [3.63, 3.8) is 0 Å². The Morgan fingerprint density at radius 3 is 2.25 bits per heavy atom. The van der Waals surface area contributed by atoms with Crippen LogP contribution in [0.2, 0.25) is 0 Å². The van der Waals surface area contributed by atoms with Crippen molar-refractivity contribution in [1.29, 1.82) is 0 Å². The summed E-state index contributed by atoms with van der Waals surface area (Å²) in [6.45, 7) is 25.2. The number of thiazole rings is 1. The van der Waals surface area contributed by atoms with Crippen molar-refractivity contribution in [3.8, 4) is 21.6 Å². The van der Waals surface area contributed by atoms with Gasteiger partial charge in [-0.25, -0.2) is 4.98 Å². The summed E-state index contributed by atoms with van der Waals surface area (Å²) >= 11 is 1.58. The lowest BCUT2D eigenvalue weighted by atomic mass is 9.85. The molecule has 0 saturated carbocycles. The van der Waals surface area contributed by atoms with Crippen LogP contribution in [-0.4, -0.2) is 150 Å². The summed E-state index contributed by atoms with van der Waals surface area (Å²) < 4.78 is 11.6. The Labute approximate surface area is 475 Å². The molecule has 5 aromatic rings. The van der Waals surface area contributed by atoms with E-state index >= 15 is 0 Å². The molecule has 0 radical (unpaired) electrons. The number of aryl methyl sites for hydroxylation is 3. The van der Waals surface area contributed by atoms with Crippen molar-refractivity contribution < 1.29 is 33.8 Å². The largest absolute Gasteiger partial charge is 0.391 e. The molecule has 2 aromatic heterocycles. The maximum absolute atomic E-state index is 14.2. The smallest absolute Gasteiger partial charge is 0.253 e. The molecule has 17 nitrogen and oxygen atoms in total. The number of amides is 4. The minimum absolute atomic E-state index is 0.00670. The lowest BCUT2D eigenvalue weighted by molar-refractivity contribution is -0.144. The zero-order chi connectivity index (χ0) is 57.3. The van der Waals surface area contributed by atoms with E-state index in [0.29, 0.717) is 37.0 Å². The topological polar surface area (TPSA) is 202 Å². The summed E-state index contributed by atoms with van der Waals surface area (Å²) in [5.74, 6) is -1.41. The van der Waals surface area contributed by atoms with Gasteiger partial charge in [-0.1, -0.05) is 69.3 Å². The van der Waals surface area contributed by atoms with E-state index in [0.717, 1.165) is 120 Å². The van der Waals surface area contributed by atoms with E-state index in [1.54, 1.807) is 11.3 Å². The first-order valence-electron chi connectivity index (χ1n) is 28.4. The molecule has 3 aliphatic heterocycles.